The number of carbonyl (C=O) groups excluding carboxylic acids is 1. The Morgan fingerprint density at radius 3 is 2.38 bits per heavy atom. The molecule has 1 fully saturated rings. The molecule has 4 rings (SSSR count). The second-order valence-corrected chi connectivity index (χ2v) is 8.43. The van der Waals surface area contributed by atoms with Gasteiger partial charge in [0.25, 0.3) is 5.91 Å². The molecule has 2 N–H and O–H groups in total. The molecule has 0 bridgehead atoms. The summed E-state index contributed by atoms with van der Waals surface area (Å²) in [5, 5.41) is 6.16. The number of anilines is 4. The third kappa shape index (κ3) is 6.01. The topological polar surface area (TPSA) is 92.3 Å². The Balaban J connectivity index is 1.36. The van der Waals surface area contributed by atoms with Gasteiger partial charge in [-0.2, -0.15) is 4.98 Å². The van der Waals surface area contributed by atoms with E-state index in [1.807, 2.05) is 37.3 Å². The number of nitrogens with one attached hydrogen (secondary N) is 2. The van der Waals surface area contributed by atoms with Gasteiger partial charge in [0.2, 0.25) is 11.8 Å². The van der Waals surface area contributed by atoms with Gasteiger partial charge in [0.1, 0.15) is 11.9 Å². The fourth-order valence-corrected chi connectivity index (χ4v) is 4.05. The Labute approximate surface area is 200 Å². The van der Waals surface area contributed by atoms with Gasteiger partial charge in [-0.05, 0) is 76.8 Å². The molecule has 1 aliphatic carbocycles. The van der Waals surface area contributed by atoms with Crippen LogP contribution in [0.2, 0.25) is 0 Å². The number of aromatic nitrogens is 3. The number of hydrogen-bond acceptors (Lipinski definition) is 7. The lowest BCUT2D eigenvalue weighted by Gasteiger charge is -2.20. The van der Waals surface area contributed by atoms with E-state index in [9.17, 15) is 4.79 Å². The minimum absolute atomic E-state index is 0.216. The second-order valence-electron chi connectivity index (χ2n) is 8.43. The van der Waals surface area contributed by atoms with E-state index < -0.39 is 0 Å². The van der Waals surface area contributed by atoms with E-state index in [4.69, 9.17) is 4.74 Å². The van der Waals surface area contributed by atoms with Crippen LogP contribution in [0.1, 0.15) is 55.6 Å². The molecule has 178 valence electrons. The first-order valence-electron chi connectivity index (χ1n) is 12.0. The van der Waals surface area contributed by atoms with Gasteiger partial charge in [-0.15, -0.1) is 0 Å². The first-order chi connectivity index (χ1) is 16.5. The predicted octanol–water partition coefficient (Wildman–Crippen LogP) is 5.34. The maximum Gasteiger partial charge on any atom is 0.257 e. The summed E-state index contributed by atoms with van der Waals surface area (Å²) < 4.78 is 5.87. The van der Waals surface area contributed by atoms with Crippen LogP contribution in [0, 0.1) is 6.92 Å². The van der Waals surface area contributed by atoms with Crippen molar-refractivity contribution in [1.82, 2.24) is 15.0 Å². The van der Waals surface area contributed by atoms with Crippen molar-refractivity contribution in [2.24, 2.45) is 0 Å². The van der Waals surface area contributed by atoms with E-state index in [-0.39, 0.29) is 12.0 Å². The van der Waals surface area contributed by atoms with E-state index in [0.29, 0.717) is 23.1 Å². The molecule has 3 aromatic rings. The highest BCUT2D eigenvalue weighted by Gasteiger charge is 2.17. The smallest absolute Gasteiger partial charge is 0.257 e. The van der Waals surface area contributed by atoms with Crippen LogP contribution in [0.15, 0.2) is 48.7 Å². The minimum atomic E-state index is -0.216. The molecule has 0 saturated heterocycles. The molecule has 34 heavy (non-hydrogen) atoms. The highest BCUT2D eigenvalue weighted by molar-refractivity contribution is 6.04. The molecular weight excluding hydrogens is 428 g/mol. The zero-order valence-electron chi connectivity index (χ0n) is 20.0. The second kappa shape index (κ2) is 11.0. The Kier molecular flexibility index (Phi) is 7.57. The van der Waals surface area contributed by atoms with Gasteiger partial charge in [-0.25, -0.2) is 9.97 Å². The number of carbonyl (C=O) groups is 1. The summed E-state index contributed by atoms with van der Waals surface area (Å²) in [6, 6.07) is 12.9. The van der Waals surface area contributed by atoms with Gasteiger partial charge in [-0.3, -0.25) is 4.79 Å². The van der Waals surface area contributed by atoms with Gasteiger partial charge in [-0.1, -0.05) is 0 Å². The van der Waals surface area contributed by atoms with Crippen LogP contribution in [0.25, 0.3) is 0 Å². The number of aryl methyl sites for hydroxylation is 1. The first-order valence-corrected chi connectivity index (χ1v) is 12.0. The van der Waals surface area contributed by atoms with Gasteiger partial charge in [0, 0.05) is 48.5 Å². The molecule has 2 heterocycles. The Bertz CT molecular complexity index is 1090. The van der Waals surface area contributed by atoms with Crippen molar-refractivity contribution in [3.63, 3.8) is 0 Å². The lowest BCUT2D eigenvalue weighted by Crippen LogP contribution is -2.23. The number of amides is 1. The SMILES string of the molecule is CCN(CC)c1cc(C)nc(Nc2ccc(NC(=O)c3ccc(OC4CCCC4)nc3)cc2)n1. The first kappa shape index (κ1) is 23.5. The van der Waals surface area contributed by atoms with E-state index >= 15 is 0 Å². The van der Waals surface area contributed by atoms with E-state index in [2.05, 4.69) is 44.3 Å². The van der Waals surface area contributed by atoms with Gasteiger partial charge >= 0.3 is 0 Å². The summed E-state index contributed by atoms with van der Waals surface area (Å²) in [6.45, 7) is 7.94. The number of hydrogen-bond donors (Lipinski definition) is 2. The van der Waals surface area contributed by atoms with Gasteiger partial charge < -0.3 is 20.3 Å². The molecule has 8 heteroatoms. The molecule has 1 saturated carbocycles. The summed E-state index contributed by atoms with van der Waals surface area (Å²) in [7, 11) is 0. The Morgan fingerprint density at radius 1 is 1.03 bits per heavy atom. The number of benzene rings is 1. The van der Waals surface area contributed by atoms with E-state index in [0.717, 1.165) is 43.1 Å². The van der Waals surface area contributed by atoms with Crippen molar-refractivity contribution >= 4 is 29.0 Å². The van der Waals surface area contributed by atoms with Crippen LogP contribution in [0.5, 0.6) is 5.88 Å². The molecule has 0 unspecified atom stereocenters. The quantitative estimate of drug-likeness (QED) is 0.445. The van der Waals surface area contributed by atoms with Gasteiger partial charge in [0.05, 0.1) is 5.56 Å². The highest BCUT2D eigenvalue weighted by Crippen LogP contribution is 2.23. The fraction of sp³-hybridized carbons (Fsp3) is 0.385. The van der Waals surface area contributed by atoms with Gasteiger partial charge in [0.15, 0.2) is 0 Å². The summed E-state index contributed by atoms with van der Waals surface area (Å²) in [6.07, 6.45) is 6.35. The lowest BCUT2D eigenvalue weighted by atomic mass is 10.2. The molecule has 0 atom stereocenters. The van der Waals surface area contributed by atoms with Crippen LogP contribution >= 0.6 is 0 Å². The number of pyridine rings is 1. The van der Waals surface area contributed by atoms with Crippen LogP contribution in [-0.4, -0.2) is 40.1 Å². The van der Waals surface area contributed by atoms with Crippen molar-refractivity contribution in [3.05, 3.63) is 59.9 Å². The van der Waals surface area contributed by atoms with E-state index in [1.165, 1.54) is 12.8 Å². The molecule has 0 radical (unpaired) electrons. The average Bonchev–Trinajstić information content (AvgIpc) is 3.34. The van der Waals surface area contributed by atoms with E-state index in [1.54, 1.807) is 18.3 Å². The fourth-order valence-electron chi connectivity index (χ4n) is 4.05. The Hall–Kier alpha value is -3.68. The third-order valence-corrected chi connectivity index (χ3v) is 5.92. The maximum atomic E-state index is 12.6. The highest BCUT2D eigenvalue weighted by atomic mass is 16.5. The molecule has 1 aromatic carbocycles. The van der Waals surface area contributed by atoms with Crippen molar-refractivity contribution in [1.29, 1.82) is 0 Å². The minimum Gasteiger partial charge on any atom is -0.474 e. The zero-order valence-corrected chi connectivity index (χ0v) is 20.0. The van der Waals surface area contributed by atoms with Crippen molar-refractivity contribution < 1.29 is 9.53 Å². The monoisotopic (exact) mass is 460 g/mol. The molecule has 1 amide bonds. The molecule has 0 spiro atoms. The Morgan fingerprint density at radius 2 is 1.74 bits per heavy atom. The summed E-state index contributed by atoms with van der Waals surface area (Å²) in [4.78, 5) is 28.2. The van der Waals surface area contributed by atoms with Crippen molar-refractivity contribution in [2.45, 2.75) is 52.6 Å². The van der Waals surface area contributed by atoms with Crippen LogP contribution in [0.4, 0.5) is 23.1 Å². The normalized spacial score (nSPS) is 13.5. The molecule has 1 aliphatic rings. The molecular formula is C26H32N6O2. The predicted molar refractivity (Wildman–Crippen MR) is 135 cm³/mol. The standard InChI is InChI=1S/C26H32N6O2/c1-4-32(5-2)23-16-18(3)28-26(31-23)30-21-13-11-20(12-14-21)29-25(33)19-10-15-24(27-17-19)34-22-8-6-7-9-22/h10-17,22H,4-9H2,1-3H3,(H,29,33)(H,28,30,31). The lowest BCUT2D eigenvalue weighted by molar-refractivity contribution is 0.102. The largest absolute Gasteiger partial charge is 0.474 e. The number of rotatable bonds is 9. The zero-order chi connectivity index (χ0) is 23.9. The third-order valence-electron chi connectivity index (χ3n) is 5.92. The average molecular weight is 461 g/mol. The van der Waals surface area contributed by atoms with Crippen LogP contribution in [0.3, 0.4) is 0 Å². The van der Waals surface area contributed by atoms with Crippen molar-refractivity contribution in [3.8, 4) is 5.88 Å². The molecule has 8 nitrogen and oxygen atoms in total. The number of nitrogens with zero attached hydrogens (tertiary/aromatic N) is 4. The summed E-state index contributed by atoms with van der Waals surface area (Å²) >= 11 is 0. The van der Waals surface area contributed by atoms with Crippen LogP contribution < -0.4 is 20.3 Å². The van der Waals surface area contributed by atoms with Crippen molar-refractivity contribution in [2.75, 3.05) is 28.6 Å². The summed E-state index contributed by atoms with van der Waals surface area (Å²) in [5.74, 6) is 1.80. The maximum absolute atomic E-state index is 12.6. The molecule has 0 aliphatic heterocycles. The number of ether oxygens (including phenoxy) is 1. The molecule has 2 aromatic heterocycles. The summed E-state index contributed by atoms with van der Waals surface area (Å²) in [5.41, 5.74) is 2.91. The van der Waals surface area contributed by atoms with Crippen LogP contribution in [-0.2, 0) is 0 Å².